The number of hydrogen-bond donors (Lipinski definition) is 1. The second-order valence-corrected chi connectivity index (χ2v) is 5.80. The molecule has 128 valence electrons. The first-order valence-electron chi connectivity index (χ1n) is 8.39. The number of hydrogen-bond acceptors (Lipinski definition) is 5. The van der Waals surface area contributed by atoms with E-state index in [0.29, 0.717) is 28.8 Å². The molecule has 0 amide bonds. The maximum Gasteiger partial charge on any atom is 0.340 e. The van der Waals surface area contributed by atoms with Gasteiger partial charge < -0.3 is 9.84 Å². The lowest BCUT2D eigenvalue weighted by Crippen LogP contribution is -2.15. The molecule has 0 fully saturated rings. The van der Waals surface area contributed by atoms with Crippen LogP contribution >= 0.6 is 0 Å². The lowest BCUT2D eigenvalue weighted by molar-refractivity contribution is -0.0670. The first-order chi connectivity index (χ1) is 12.2. The Kier molecular flexibility index (Phi) is 5.36. The molecule has 0 bridgehead atoms. The first-order valence-corrected chi connectivity index (χ1v) is 8.39. The van der Waals surface area contributed by atoms with E-state index >= 15 is 0 Å². The van der Waals surface area contributed by atoms with Crippen LogP contribution < -0.4 is 0 Å². The van der Waals surface area contributed by atoms with Crippen LogP contribution in [0.2, 0.25) is 0 Å². The maximum absolute atomic E-state index is 12.3. The zero-order valence-electron chi connectivity index (χ0n) is 14.1. The SMILES string of the molecule is CCCCc1nnc2ccccc2c1C(O)OC(=O)c1ccccc1. The van der Waals surface area contributed by atoms with Gasteiger partial charge in [0.15, 0.2) is 0 Å². The summed E-state index contributed by atoms with van der Waals surface area (Å²) in [5.74, 6) is -0.574. The molecular formula is C20H20N2O3. The van der Waals surface area contributed by atoms with Gasteiger partial charge in [-0.1, -0.05) is 49.7 Å². The molecule has 0 radical (unpaired) electrons. The molecule has 1 aromatic heterocycles. The van der Waals surface area contributed by atoms with Crippen LogP contribution in [0, 0.1) is 0 Å². The number of carbonyl (C=O) groups is 1. The summed E-state index contributed by atoms with van der Waals surface area (Å²) >= 11 is 0. The van der Waals surface area contributed by atoms with Crippen LogP contribution in [-0.2, 0) is 11.2 Å². The van der Waals surface area contributed by atoms with E-state index in [4.69, 9.17) is 4.74 Å². The van der Waals surface area contributed by atoms with Gasteiger partial charge in [-0.15, -0.1) is 0 Å². The standard InChI is InChI=1S/C20H20N2O3/c1-2-3-12-17-18(15-11-7-8-13-16(15)21-22-17)20(24)25-19(23)14-9-5-4-6-10-14/h4-11,13,20,24H,2-3,12H2,1H3. The van der Waals surface area contributed by atoms with Gasteiger partial charge in [0.05, 0.1) is 22.3 Å². The van der Waals surface area contributed by atoms with Gasteiger partial charge in [0, 0.05) is 5.39 Å². The average Bonchev–Trinajstić information content (AvgIpc) is 2.66. The van der Waals surface area contributed by atoms with Crippen LogP contribution in [0.5, 0.6) is 0 Å². The highest BCUT2D eigenvalue weighted by atomic mass is 16.6. The van der Waals surface area contributed by atoms with Crippen molar-refractivity contribution < 1.29 is 14.6 Å². The second-order valence-electron chi connectivity index (χ2n) is 5.80. The second kappa shape index (κ2) is 7.85. The number of nitrogens with zero attached hydrogens (tertiary/aromatic N) is 2. The molecule has 2 aromatic carbocycles. The highest BCUT2D eigenvalue weighted by Crippen LogP contribution is 2.28. The Balaban J connectivity index is 1.95. The molecule has 0 aliphatic heterocycles. The Morgan fingerprint density at radius 2 is 1.80 bits per heavy atom. The third-order valence-corrected chi connectivity index (χ3v) is 4.03. The van der Waals surface area contributed by atoms with E-state index in [2.05, 4.69) is 17.1 Å². The van der Waals surface area contributed by atoms with Crippen LogP contribution in [0.25, 0.3) is 10.9 Å². The Bertz CT molecular complexity index is 865. The van der Waals surface area contributed by atoms with Crippen LogP contribution in [0.15, 0.2) is 54.6 Å². The van der Waals surface area contributed by atoms with Crippen molar-refractivity contribution in [3.63, 3.8) is 0 Å². The highest BCUT2D eigenvalue weighted by molar-refractivity contribution is 5.90. The normalized spacial score (nSPS) is 12.1. The van der Waals surface area contributed by atoms with Crippen molar-refractivity contribution in [1.82, 2.24) is 10.2 Å². The van der Waals surface area contributed by atoms with E-state index < -0.39 is 12.3 Å². The van der Waals surface area contributed by atoms with E-state index in [0.717, 1.165) is 18.2 Å². The molecule has 3 rings (SSSR count). The minimum atomic E-state index is -1.39. The van der Waals surface area contributed by atoms with Crippen molar-refractivity contribution in [2.75, 3.05) is 0 Å². The zero-order chi connectivity index (χ0) is 17.6. The Labute approximate surface area is 146 Å². The van der Waals surface area contributed by atoms with Crippen molar-refractivity contribution in [3.05, 3.63) is 71.4 Å². The van der Waals surface area contributed by atoms with Crippen LogP contribution in [0.1, 0.15) is 47.7 Å². The van der Waals surface area contributed by atoms with Gasteiger partial charge in [0.1, 0.15) is 0 Å². The van der Waals surface area contributed by atoms with Crippen LogP contribution in [0.4, 0.5) is 0 Å². The van der Waals surface area contributed by atoms with Gasteiger partial charge in [-0.05, 0) is 31.0 Å². The summed E-state index contributed by atoms with van der Waals surface area (Å²) in [5, 5.41) is 19.8. The molecule has 0 spiro atoms. The number of fused-ring (bicyclic) bond motifs is 1. The fraction of sp³-hybridized carbons (Fsp3) is 0.250. The fourth-order valence-electron chi connectivity index (χ4n) is 2.72. The number of esters is 1. The van der Waals surface area contributed by atoms with Gasteiger partial charge in [-0.2, -0.15) is 10.2 Å². The quantitative estimate of drug-likeness (QED) is 0.547. The lowest BCUT2D eigenvalue weighted by atomic mass is 10.0. The monoisotopic (exact) mass is 336 g/mol. The summed E-state index contributed by atoms with van der Waals surface area (Å²) in [6.45, 7) is 2.08. The summed E-state index contributed by atoms with van der Waals surface area (Å²) in [4.78, 5) is 12.3. The molecule has 3 aromatic rings. The summed E-state index contributed by atoms with van der Waals surface area (Å²) in [7, 11) is 0. The molecule has 0 saturated carbocycles. The Morgan fingerprint density at radius 3 is 2.56 bits per heavy atom. The van der Waals surface area contributed by atoms with Crippen LogP contribution in [-0.4, -0.2) is 21.3 Å². The number of carbonyl (C=O) groups excluding carboxylic acids is 1. The minimum absolute atomic E-state index is 0.392. The number of unbranched alkanes of at least 4 members (excludes halogenated alkanes) is 1. The molecule has 5 nitrogen and oxygen atoms in total. The third-order valence-electron chi connectivity index (χ3n) is 4.03. The lowest BCUT2D eigenvalue weighted by Gasteiger charge is -2.17. The van der Waals surface area contributed by atoms with Crippen molar-refractivity contribution in [2.45, 2.75) is 32.5 Å². The molecule has 5 heteroatoms. The van der Waals surface area contributed by atoms with Crippen LogP contribution in [0.3, 0.4) is 0 Å². The Morgan fingerprint density at radius 1 is 1.08 bits per heavy atom. The van der Waals surface area contributed by atoms with Crippen molar-refractivity contribution >= 4 is 16.9 Å². The molecule has 1 atom stereocenters. The van der Waals surface area contributed by atoms with Crippen molar-refractivity contribution in [2.24, 2.45) is 0 Å². The summed E-state index contributed by atoms with van der Waals surface area (Å²) < 4.78 is 5.30. The van der Waals surface area contributed by atoms with E-state index in [9.17, 15) is 9.90 Å². The highest BCUT2D eigenvalue weighted by Gasteiger charge is 2.22. The number of aliphatic hydroxyl groups excluding tert-OH is 1. The predicted molar refractivity (Wildman–Crippen MR) is 95.0 cm³/mol. The molecule has 0 aliphatic carbocycles. The molecule has 1 heterocycles. The molecule has 0 saturated heterocycles. The van der Waals surface area contributed by atoms with E-state index in [1.165, 1.54) is 0 Å². The molecule has 0 aliphatic rings. The number of aryl methyl sites for hydroxylation is 1. The molecule has 25 heavy (non-hydrogen) atoms. The zero-order valence-corrected chi connectivity index (χ0v) is 14.1. The van der Waals surface area contributed by atoms with Gasteiger partial charge >= 0.3 is 5.97 Å². The predicted octanol–water partition coefficient (Wildman–Crippen LogP) is 3.82. The molecular weight excluding hydrogens is 316 g/mol. The topological polar surface area (TPSA) is 72.3 Å². The largest absolute Gasteiger partial charge is 0.428 e. The van der Waals surface area contributed by atoms with Crippen molar-refractivity contribution in [3.8, 4) is 0 Å². The number of aromatic nitrogens is 2. The van der Waals surface area contributed by atoms with Gasteiger partial charge in [0.2, 0.25) is 6.29 Å². The van der Waals surface area contributed by atoms with E-state index in [-0.39, 0.29) is 0 Å². The molecule has 1 N–H and O–H groups in total. The number of aliphatic hydroxyl groups is 1. The minimum Gasteiger partial charge on any atom is -0.428 e. The van der Waals surface area contributed by atoms with E-state index in [1.54, 1.807) is 24.3 Å². The number of benzene rings is 2. The maximum atomic E-state index is 12.3. The van der Waals surface area contributed by atoms with Gasteiger partial charge in [0.25, 0.3) is 0 Å². The summed E-state index contributed by atoms with van der Waals surface area (Å²) in [6.07, 6.45) is 1.19. The fourth-order valence-corrected chi connectivity index (χ4v) is 2.72. The average molecular weight is 336 g/mol. The van der Waals surface area contributed by atoms with Gasteiger partial charge in [-0.25, -0.2) is 4.79 Å². The van der Waals surface area contributed by atoms with Crippen molar-refractivity contribution in [1.29, 1.82) is 0 Å². The smallest absolute Gasteiger partial charge is 0.340 e. The Hall–Kier alpha value is -2.79. The van der Waals surface area contributed by atoms with E-state index in [1.807, 2.05) is 30.3 Å². The first kappa shape index (κ1) is 17.0. The number of ether oxygens (including phenoxy) is 1. The van der Waals surface area contributed by atoms with Gasteiger partial charge in [-0.3, -0.25) is 0 Å². The summed E-state index contributed by atoms with van der Waals surface area (Å²) in [6, 6.07) is 16.0. The molecule has 1 unspecified atom stereocenters. The third kappa shape index (κ3) is 3.83. The number of rotatable bonds is 6. The summed E-state index contributed by atoms with van der Waals surface area (Å²) in [5.41, 5.74) is 2.23.